The minimum atomic E-state index is -0.452. The van der Waals surface area contributed by atoms with Crippen LogP contribution in [0.3, 0.4) is 0 Å². The quantitative estimate of drug-likeness (QED) is 0.635. The van der Waals surface area contributed by atoms with Crippen molar-refractivity contribution in [3.05, 3.63) is 59.8 Å². The molecule has 0 aliphatic carbocycles. The van der Waals surface area contributed by atoms with Gasteiger partial charge in [-0.2, -0.15) is 0 Å². The third-order valence-electron chi connectivity index (χ3n) is 6.08. The van der Waals surface area contributed by atoms with Crippen LogP contribution in [0.25, 0.3) is 0 Å². The maximum absolute atomic E-state index is 6.22. The average Bonchev–Trinajstić information content (AvgIpc) is 3.35. The Hall–Kier alpha value is -3.26. The Morgan fingerprint density at radius 3 is 2.42 bits per heavy atom. The van der Waals surface area contributed by atoms with Gasteiger partial charge in [-0.15, -0.1) is 10.2 Å². The highest BCUT2D eigenvalue weighted by atomic mass is 16.6. The fourth-order valence-electron chi connectivity index (χ4n) is 4.39. The van der Waals surface area contributed by atoms with E-state index in [0.29, 0.717) is 50.6 Å². The van der Waals surface area contributed by atoms with Crippen LogP contribution in [0.4, 0.5) is 0 Å². The lowest BCUT2D eigenvalue weighted by Crippen LogP contribution is -2.35. The summed E-state index contributed by atoms with van der Waals surface area (Å²) in [6, 6.07) is 13.6. The van der Waals surface area contributed by atoms with Gasteiger partial charge in [0, 0.05) is 13.2 Å². The minimum Gasteiger partial charge on any atom is -0.486 e. The Balaban J connectivity index is 1.34. The molecule has 4 heterocycles. The SMILES string of the molecule is c1ccc2c(c1)OCC(c1nnc(C3(c4ccc5c(c4)OCCO5)CCOCC3)o1)O2. The second kappa shape index (κ2) is 7.46. The van der Waals surface area contributed by atoms with Crippen molar-refractivity contribution >= 4 is 0 Å². The van der Waals surface area contributed by atoms with Gasteiger partial charge in [0.05, 0.1) is 5.41 Å². The number of aromatic nitrogens is 2. The van der Waals surface area contributed by atoms with Crippen LogP contribution in [0.1, 0.15) is 36.3 Å². The summed E-state index contributed by atoms with van der Waals surface area (Å²) in [6.07, 6.45) is 1.02. The fourth-order valence-corrected chi connectivity index (χ4v) is 4.39. The van der Waals surface area contributed by atoms with Crippen LogP contribution in [0, 0.1) is 0 Å². The first kappa shape index (κ1) is 18.5. The Bertz CT molecular complexity index is 1090. The smallest absolute Gasteiger partial charge is 0.260 e. The minimum absolute atomic E-state index is 0.318. The van der Waals surface area contributed by atoms with Gasteiger partial charge >= 0.3 is 0 Å². The maximum Gasteiger partial charge on any atom is 0.260 e. The number of hydrogen-bond acceptors (Lipinski definition) is 8. The predicted molar refractivity (Wildman–Crippen MR) is 108 cm³/mol. The molecule has 1 unspecified atom stereocenters. The second-order valence-electron chi connectivity index (χ2n) is 7.86. The average molecular weight is 422 g/mol. The molecule has 3 aromatic rings. The van der Waals surface area contributed by atoms with Crippen molar-refractivity contribution < 1.29 is 28.1 Å². The van der Waals surface area contributed by atoms with E-state index in [9.17, 15) is 0 Å². The van der Waals surface area contributed by atoms with Gasteiger partial charge in [-0.25, -0.2) is 0 Å². The number of nitrogens with zero attached hydrogens (tertiary/aromatic N) is 2. The molecule has 0 amide bonds. The molecule has 3 aliphatic rings. The monoisotopic (exact) mass is 422 g/mol. The van der Waals surface area contributed by atoms with Crippen LogP contribution in [0.15, 0.2) is 46.9 Å². The van der Waals surface area contributed by atoms with Gasteiger partial charge in [0.25, 0.3) is 5.89 Å². The molecule has 6 rings (SSSR count). The Morgan fingerprint density at radius 2 is 1.55 bits per heavy atom. The summed E-state index contributed by atoms with van der Waals surface area (Å²) >= 11 is 0. The first-order valence-electron chi connectivity index (χ1n) is 10.5. The van der Waals surface area contributed by atoms with E-state index in [2.05, 4.69) is 16.3 Å². The molecule has 0 radical (unpaired) electrons. The lowest BCUT2D eigenvalue weighted by Gasteiger charge is -2.35. The molecule has 1 saturated heterocycles. The third kappa shape index (κ3) is 3.18. The maximum atomic E-state index is 6.22. The van der Waals surface area contributed by atoms with E-state index in [1.165, 1.54) is 0 Å². The van der Waals surface area contributed by atoms with Crippen LogP contribution in [0.2, 0.25) is 0 Å². The summed E-state index contributed by atoms with van der Waals surface area (Å²) in [4.78, 5) is 0. The molecule has 0 N–H and O–H groups in total. The molecule has 31 heavy (non-hydrogen) atoms. The summed E-state index contributed by atoms with van der Waals surface area (Å²) in [7, 11) is 0. The zero-order valence-electron chi connectivity index (χ0n) is 16.9. The first-order chi connectivity index (χ1) is 15.3. The summed E-state index contributed by atoms with van der Waals surface area (Å²) in [5.74, 6) is 3.87. The van der Waals surface area contributed by atoms with E-state index >= 15 is 0 Å². The van der Waals surface area contributed by atoms with Crippen molar-refractivity contribution in [1.29, 1.82) is 0 Å². The van der Waals surface area contributed by atoms with Crippen molar-refractivity contribution in [2.75, 3.05) is 33.0 Å². The van der Waals surface area contributed by atoms with E-state index in [-0.39, 0.29) is 0 Å². The number of para-hydroxylation sites is 2. The topological polar surface area (TPSA) is 85.1 Å². The van der Waals surface area contributed by atoms with Crippen LogP contribution in [-0.4, -0.2) is 43.2 Å². The summed E-state index contributed by atoms with van der Waals surface area (Å²) in [6.45, 7) is 2.65. The largest absolute Gasteiger partial charge is 0.486 e. The normalized spacial score (nSPS) is 21.5. The van der Waals surface area contributed by atoms with E-state index in [1.54, 1.807) is 0 Å². The highest BCUT2D eigenvalue weighted by Crippen LogP contribution is 2.44. The molecule has 1 aromatic heterocycles. The molecule has 1 atom stereocenters. The number of ether oxygens (including phenoxy) is 5. The van der Waals surface area contributed by atoms with Crippen molar-refractivity contribution in [1.82, 2.24) is 10.2 Å². The van der Waals surface area contributed by atoms with Crippen LogP contribution in [0.5, 0.6) is 23.0 Å². The molecule has 1 fully saturated rings. The van der Waals surface area contributed by atoms with Gasteiger partial charge in [-0.1, -0.05) is 18.2 Å². The third-order valence-corrected chi connectivity index (χ3v) is 6.08. The molecule has 0 bridgehead atoms. The first-order valence-corrected chi connectivity index (χ1v) is 10.5. The zero-order valence-corrected chi connectivity index (χ0v) is 16.9. The molecule has 3 aliphatic heterocycles. The van der Waals surface area contributed by atoms with Gasteiger partial charge in [0.2, 0.25) is 12.0 Å². The predicted octanol–water partition coefficient (Wildman–Crippen LogP) is 3.45. The van der Waals surface area contributed by atoms with Gasteiger partial charge < -0.3 is 28.1 Å². The van der Waals surface area contributed by atoms with E-state index in [1.807, 2.05) is 36.4 Å². The van der Waals surface area contributed by atoms with Gasteiger partial charge in [-0.05, 0) is 42.7 Å². The standard InChI is InChI=1S/C23H22N2O6/c1-2-4-18-16(3-1)29-14-20(30-18)21-24-25-22(31-21)23(7-9-26-10-8-23)15-5-6-17-19(13-15)28-12-11-27-17/h1-6,13,20H,7-12,14H2. The lowest BCUT2D eigenvalue weighted by molar-refractivity contribution is 0.0479. The molecular weight excluding hydrogens is 400 g/mol. The van der Waals surface area contributed by atoms with E-state index in [0.717, 1.165) is 35.7 Å². The van der Waals surface area contributed by atoms with Crippen molar-refractivity contribution in [2.45, 2.75) is 24.4 Å². The van der Waals surface area contributed by atoms with Crippen LogP contribution in [-0.2, 0) is 10.2 Å². The summed E-state index contributed by atoms with van der Waals surface area (Å²) in [5.41, 5.74) is 0.605. The van der Waals surface area contributed by atoms with E-state index < -0.39 is 11.5 Å². The van der Waals surface area contributed by atoms with Gasteiger partial charge in [-0.3, -0.25) is 0 Å². The van der Waals surface area contributed by atoms with E-state index in [4.69, 9.17) is 28.1 Å². The number of fused-ring (bicyclic) bond motifs is 2. The number of hydrogen-bond donors (Lipinski definition) is 0. The molecular formula is C23H22N2O6. The van der Waals surface area contributed by atoms with Crippen molar-refractivity contribution in [3.63, 3.8) is 0 Å². The lowest BCUT2D eigenvalue weighted by atomic mass is 9.74. The molecule has 8 nitrogen and oxygen atoms in total. The van der Waals surface area contributed by atoms with Crippen LogP contribution < -0.4 is 18.9 Å². The highest BCUT2D eigenvalue weighted by molar-refractivity contribution is 5.48. The molecule has 2 aromatic carbocycles. The Labute approximate surface area is 179 Å². The van der Waals surface area contributed by atoms with Gasteiger partial charge in [0.1, 0.15) is 19.8 Å². The molecule has 0 saturated carbocycles. The second-order valence-corrected chi connectivity index (χ2v) is 7.86. The molecule has 160 valence electrons. The number of rotatable bonds is 3. The van der Waals surface area contributed by atoms with Crippen molar-refractivity contribution in [3.8, 4) is 23.0 Å². The Morgan fingerprint density at radius 1 is 0.774 bits per heavy atom. The molecule has 0 spiro atoms. The molecule has 8 heteroatoms. The fraction of sp³-hybridized carbons (Fsp3) is 0.391. The van der Waals surface area contributed by atoms with Crippen molar-refractivity contribution in [2.24, 2.45) is 0 Å². The number of benzene rings is 2. The summed E-state index contributed by atoms with van der Waals surface area (Å²) in [5, 5.41) is 8.78. The summed E-state index contributed by atoms with van der Waals surface area (Å²) < 4.78 is 35.2. The zero-order chi connectivity index (χ0) is 20.7. The van der Waals surface area contributed by atoms with Crippen LogP contribution >= 0.6 is 0 Å². The Kier molecular flexibility index (Phi) is 4.45. The highest BCUT2D eigenvalue weighted by Gasteiger charge is 2.43. The van der Waals surface area contributed by atoms with Gasteiger partial charge in [0.15, 0.2) is 23.0 Å².